The molecule has 132 valence electrons. The first kappa shape index (κ1) is 17.5. The van der Waals surface area contributed by atoms with Gasteiger partial charge in [-0.2, -0.15) is 0 Å². The Labute approximate surface area is 168 Å². The van der Waals surface area contributed by atoms with Crippen molar-refractivity contribution < 1.29 is 0 Å². The van der Waals surface area contributed by atoms with Crippen LogP contribution in [0.25, 0.3) is 0 Å². The molecule has 2 nitrogen and oxygen atoms in total. The largest absolute Gasteiger partial charge is 0.353 e. The lowest BCUT2D eigenvalue weighted by Gasteiger charge is -2.37. The maximum Gasteiger partial charge on any atom is 0.127 e. The SMILES string of the molecule is Brc1cccc(C(Nc2ccccn2)(c2ccccc2)c2ccccc2)c1. The van der Waals surface area contributed by atoms with Gasteiger partial charge in [0.25, 0.3) is 0 Å². The van der Waals surface area contributed by atoms with Crippen molar-refractivity contribution in [3.63, 3.8) is 0 Å². The topological polar surface area (TPSA) is 24.9 Å². The van der Waals surface area contributed by atoms with Gasteiger partial charge in [0.05, 0.1) is 0 Å². The van der Waals surface area contributed by atoms with Crippen LogP contribution in [-0.2, 0) is 5.54 Å². The quantitative estimate of drug-likeness (QED) is 0.390. The molecule has 0 aliphatic carbocycles. The van der Waals surface area contributed by atoms with E-state index in [0.717, 1.165) is 27.0 Å². The minimum Gasteiger partial charge on any atom is -0.353 e. The fourth-order valence-corrected chi connectivity index (χ4v) is 3.84. The first-order valence-corrected chi connectivity index (χ1v) is 9.65. The maximum atomic E-state index is 4.54. The molecule has 0 spiro atoms. The van der Waals surface area contributed by atoms with E-state index in [-0.39, 0.29) is 0 Å². The lowest BCUT2D eigenvalue weighted by molar-refractivity contribution is 0.706. The minimum atomic E-state index is -0.569. The average molecular weight is 415 g/mol. The van der Waals surface area contributed by atoms with Gasteiger partial charge < -0.3 is 5.32 Å². The van der Waals surface area contributed by atoms with Crippen molar-refractivity contribution in [2.45, 2.75) is 5.54 Å². The molecule has 0 radical (unpaired) electrons. The van der Waals surface area contributed by atoms with E-state index in [1.54, 1.807) is 0 Å². The van der Waals surface area contributed by atoms with Gasteiger partial charge >= 0.3 is 0 Å². The molecule has 1 heterocycles. The second-order valence-electron chi connectivity index (χ2n) is 6.33. The third kappa shape index (κ3) is 3.51. The van der Waals surface area contributed by atoms with Crippen molar-refractivity contribution in [2.75, 3.05) is 5.32 Å². The number of benzene rings is 3. The summed E-state index contributed by atoms with van der Waals surface area (Å²) in [5.41, 5.74) is 2.88. The molecular formula is C24H19BrN2. The number of nitrogens with zero attached hydrogens (tertiary/aromatic N) is 1. The molecular weight excluding hydrogens is 396 g/mol. The van der Waals surface area contributed by atoms with Crippen molar-refractivity contribution in [3.8, 4) is 0 Å². The van der Waals surface area contributed by atoms with E-state index in [2.05, 4.69) is 93.0 Å². The number of hydrogen-bond donors (Lipinski definition) is 1. The highest BCUT2D eigenvalue weighted by atomic mass is 79.9. The average Bonchev–Trinajstić information content (AvgIpc) is 2.74. The van der Waals surface area contributed by atoms with Crippen LogP contribution in [0.4, 0.5) is 5.82 Å². The van der Waals surface area contributed by atoms with Crippen molar-refractivity contribution >= 4 is 21.7 Å². The van der Waals surface area contributed by atoms with Gasteiger partial charge in [-0.05, 0) is 41.0 Å². The zero-order chi connectivity index (χ0) is 18.5. The van der Waals surface area contributed by atoms with Crippen molar-refractivity contribution in [1.82, 2.24) is 4.98 Å². The van der Waals surface area contributed by atoms with Gasteiger partial charge in [-0.1, -0.05) is 94.8 Å². The van der Waals surface area contributed by atoms with Crippen LogP contribution in [0, 0.1) is 0 Å². The van der Waals surface area contributed by atoms with E-state index < -0.39 is 5.54 Å². The highest BCUT2D eigenvalue weighted by Crippen LogP contribution is 2.40. The number of hydrogen-bond acceptors (Lipinski definition) is 2. The molecule has 0 unspecified atom stereocenters. The summed E-state index contributed by atoms with van der Waals surface area (Å²) in [7, 11) is 0. The Bertz CT molecular complexity index is 962. The zero-order valence-electron chi connectivity index (χ0n) is 14.7. The molecule has 27 heavy (non-hydrogen) atoms. The van der Waals surface area contributed by atoms with Gasteiger partial charge in [0.1, 0.15) is 11.4 Å². The third-order valence-electron chi connectivity index (χ3n) is 4.65. The lowest BCUT2D eigenvalue weighted by atomic mass is 9.77. The number of anilines is 1. The Balaban J connectivity index is 2.02. The number of nitrogens with one attached hydrogen (secondary N) is 1. The summed E-state index contributed by atoms with van der Waals surface area (Å²) in [6, 6.07) is 35.4. The third-order valence-corrected chi connectivity index (χ3v) is 5.14. The van der Waals surface area contributed by atoms with Gasteiger partial charge in [0, 0.05) is 10.7 Å². The molecule has 0 amide bonds. The molecule has 0 saturated heterocycles. The van der Waals surface area contributed by atoms with E-state index in [1.807, 2.05) is 42.6 Å². The number of rotatable bonds is 5. The molecule has 0 bridgehead atoms. The van der Waals surface area contributed by atoms with Crippen LogP contribution >= 0.6 is 15.9 Å². The normalized spacial score (nSPS) is 11.1. The van der Waals surface area contributed by atoms with Crippen LogP contribution in [0.2, 0.25) is 0 Å². The van der Waals surface area contributed by atoms with E-state index in [4.69, 9.17) is 0 Å². The zero-order valence-corrected chi connectivity index (χ0v) is 16.3. The maximum absolute atomic E-state index is 4.54. The van der Waals surface area contributed by atoms with Crippen molar-refractivity contribution in [1.29, 1.82) is 0 Å². The number of pyridine rings is 1. The second kappa shape index (κ2) is 7.77. The van der Waals surface area contributed by atoms with E-state index in [0.29, 0.717) is 0 Å². The van der Waals surface area contributed by atoms with Crippen LogP contribution in [0.3, 0.4) is 0 Å². The molecule has 0 saturated carbocycles. The summed E-state index contributed by atoms with van der Waals surface area (Å²) in [5, 5.41) is 3.74. The van der Waals surface area contributed by atoms with Gasteiger partial charge in [-0.25, -0.2) is 4.98 Å². The Hall–Kier alpha value is -2.91. The van der Waals surface area contributed by atoms with Crippen LogP contribution in [-0.4, -0.2) is 4.98 Å². The Morgan fingerprint density at radius 2 is 1.22 bits per heavy atom. The van der Waals surface area contributed by atoms with Crippen LogP contribution in [0.1, 0.15) is 16.7 Å². The van der Waals surface area contributed by atoms with Crippen molar-refractivity contribution in [3.05, 3.63) is 130 Å². The molecule has 4 rings (SSSR count). The Morgan fingerprint density at radius 1 is 0.630 bits per heavy atom. The minimum absolute atomic E-state index is 0.569. The highest BCUT2D eigenvalue weighted by molar-refractivity contribution is 9.10. The summed E-state index contributed by atoms with van der Waals surface area (Å²) in [6.45, 7) is 0. The molecule has 1 aromatic heterocycles. The monoisotopic (exact) mass is 414 g/mol. The molecule has 4 aromatic rings. The fraction of sp³-hybridized carbons (Fsp3) is 0.0417. The summed E-state index contributed by atoms with van der Waals surface area (Å²) >= 11 is 3.64. The van der Waals surface area contributed by atoms with E-state index >= 15 is 0 Å². The first-order chi connectivity index (χ1) is 13.3. The molecule has 0 aliphatic rings. The highest BCUT2D eigenvalue weighted by Gasteiger charge is 2.36. The smallest absolute Gasteiger partial charge is 0.127 e. The van der Waals surface area contributed by atoms with E-state index in [1.165, 1.54) is 0 Å². The Kier molecular flexibility index (Phi) is 5.03. The molecule has 0 atom stereocenters. The molecule has 1 N–H and O–H groups in total. The van der Waals surface area contributed by atoms with Gasteiger partial charge in [-0.15, -0.1) is 0 Å². The molecule has 0 aliphatic heterocycles. The Morgan fingerprint density at radius 3 is 1.78 bits per heavy atom. The van der Waals surface area contributed by atoms with Crippen LogP contribution < -0.4 is 5.32 Å². The molecule has 3 heteroatoms. The van der Waals surface area contributed by atoms with Crippen molar-refractivity contribution in [2.24, 2.45) is 0 Å². The summed E-state index contributed by atoms with van der Waals surface area (Å²) in [6.07, 6.45) is 1.81. The number of aromatic nitrogens is 1. The fourth-order valence-electron chi connectivity index (χ4n) is 3.44. The summed E-state index contributed by atoms with van der Waals surface area (Å²) < 4.78 is 1.04. The first-order valence-electron chi connectivity index (χ1n) is 8.85. The number of halogens is 1. The van der Waals surface area contributed by atoms with Gasteiger partial charge in [-0.3, -0.25) is 0 Å². The standard InChI is InChI=1S/C24H19BrN2/c25-22-15-9-14-21(18-22)24(19-10-3-1-4-11-19,20-12-5-2-6-13-20)27-23-16-7-8-17-26-23/h1-18H,(H,26,27). The van der Waals surface area contributed by atoms with Gasteiger partial charge in [0.2, 0.25) is 0 Å². The van der Waals surface area contributed by atoms with Crippen LogP contribution in [0.5, 0.6) is 0 Å². The summed E-state index contributed by atoms with van der Waals surface area (Å²) in [5.74, 6) is 0.824. The van der Waals surface area contributed by atoms with Crippen LogP contribution in [0.15, 0.2) is 114 Å². The van der Waals surface area contributed by atoms with E-state index in [9.17, 15) is 0 Å². The second-order valence-corrected chi connectivity index (χ2v) is 7.25. The van der Waals surface area contributed by atoms with Gasteiger partial charge in [0.15, 0.2) is 0 Å². The predicted molar refractivity (Wildman–Crippen MR) is 115 cm³/mol. The summed E-state index contributed by atoms with van der Waals surface area (Å²) in [4.78, 5) is 4.54. The molecule has 0 fully saturated rings. The molecule has 3 aromatic carbocycles. The predicted octanol–water partition coefficient (Wildman–Crippen LogP) is 6.25. The lowest BCUT2D eigenvalue weighted by Crippen LogP contribution is -2.38.